The summed E-state index contributed by atoms with van der Waals surface area (Å²) in [5.74, 6) is 0.773. The Kier molecular flexibility index (Phi) is 5.32. The Morgan fingerprint density at radius 3 is 2.65 bits per heavy atom. The number of halogens is 1. The molecule has 26 heavy (non-hydrogen) atoms. The molecule has 3 rings (SSSR count). The molecule has 0 amide bonds. The van der Waals surface area contributed by atoms with Crippen molar-refractivity contribution in [1.82, 2.24) is 10.1 Å². The molecule has 0 saturated carbocycles. The molecule has 0 atom stereocenters. The molecule has 1 aromatic heterocycles. The van der Waals surface area contributed by atoms with Crippen LogP contribution in [0.15, 0.2) is 57.9 Å². The van der Waals surface area contributed by atoms with E-state index in [1.54, 1.807) is 7.11 Å². The fourth-order valence-electron chi connectivity index (χ4n) is 2.41. The van der Waals surface area contributed by atoms with Gasteiger partial charge in [0.25, 0.3) is 0 Å². The van der Waals surface area contributed by atoms with E-state index in [1.165, 1.54) is 12.1 Å². The minimum Gasteiger partial charge on any atom is -0.497 e. The molecule has 0 aliphatic rings. The largest absolute Gasteiger partial charge is 0.497 e. The third-order valence-corrected chi connectivity index (χ3v) is 5.50. The maximum Gasteiger partial charge on any atom is 0.231 e. The van der Waals surface area contributed by atoms with E-state index in [4.69, 9.17) is 9.26 Å². The maximum atomic E-state index is 12.9. The van der Waals surface area contributed by atoms with E-state index in [0.29, 0.717) is 18.1 Å². The van der Waals surface area contributed by atoms with Crippen LogP contribution in [0.3, 0.4) is 0 Å². The van der Waals surface area contributed by atoms with Crippen molar-refractivity contribution in [2.75, 3.05) is 12.9 Å². The first-order valence-electron chi connectivity index (χ1n) is 7.89. The Morgan fingerprint density at radius 1 is 1.15 bits per heavy atom. The third kappa shape index (κ3) is 4.45. The van der Waals surface area contributed by atoms with Crippen molar-refractivity contribution in [2.45, 2.75) is 17.7 Å². The van der Waals surface area contributed by atoms with Gasteiger partial charge in [0.2, 0.25) is 5.89 Å². The van der Waals surface area contributed by atoms with Crippen LogP contribution in [0.5, 0.6) is 5.75 Å². The molecule has 0 spiro atoms. The summed E-state index contributed by atoms with van der Waals surface area (Å²) in [6.07, 6.45) is 0.538. The molecule has 0 aliphatic carbocycles. The van der Waals surface area contributed by atoms with Gasteiger partial charge in [-0.25, -0.2) is 12.8 Å². The van der Waals surface area contributed by atoms with Gasteiger partial charge < -0.3 is 9.26 Å². The fraction of sp³-hybridized carbons (Fsp3) is 0.222. The Labute approximate surface area is 150 Å². The molecule has 0 radical (unpaired) electrons. The summed E-state index contributed by atoms with van der Waals surface area (Å²) >= 11 is 0. The summed E-state index contributed by atoms with van der Waals surface area (Å²) in [7, 11) is -1.95. The third-order valence-electron chi connectivity index (χ3n) is 3.77. The Balaban J connectivity index is 1.64. The van der Waals surface area contributed by atoms with Crippen molar-refractivity contribution < 1.29 is 22.1 Å². The van der Waals surface area contributed by atoms with Crippen molar-refractivity contribution in [3.8, 4) is 5.75 Å². The van der Waals surface area contributed by atoms with E-state index in [9.17, 15) is 12.8 Å². The smallest absolute Gasteiger partial charge is 0.231 e. The zero-order chi connectivity index (χ0) is 18.6. The second-order valence-electron chi connectivity index (χ2n) is 5.66. The van der Waals surface area contributed by atoms with Gasteiger partial charge in [-0.1, -0.05) is 17.3 Å². The number of rotatable bonds is 7. The zero-order valence-corrected chi connectivity index (χ0v) is 14.9. The predicted octanol–water partition coefficient (Wildman–Crippen LogP) is 2.82. The molecule has 1 heterocycles. The lowest BCUT2D eigenvalue weighted by Gasteiger charge is -2.02. The van der Waals surface area contributed by atoms with E-state index in [0.717, 1.165) is 23.4 Å². The predicted molar refractivity (Wildman–Crippen MR) is 92.3 cm³/mol. The van der Waals surface area contributed by atoms with Crippen LogP contribution in [0.1, 0.15) is 17.3 Å². The SMILES string of the molecule is COc1cccc(Cc2nc(CCS(=O)(=O)c3ccc(F)cc3)no2)c1. The van der Waals surface area contributed by atoms with Crippen LogP contribution in [-0.4, -0.2) is 31.4 Å². The molecule has 0 fully saturated rings. The van der Waals surface area contributed by atoms with Crippen molar-refractivity contribution in [3.05, 3.63) is 71.6 Å². The molecular formula is C18H17FN2O4S. The molecule has 0 unspecified atom stereocenters. The van der Waals surface area contributed by atoms with E-state index in [-0.39, 0.29) is 17.1 Å². The van der Waals surface area contributed by atoms with Gasteiger partial charge in [0, 0.05) is 6.42 Å². The summed E-state index contributed by atoms with van der Waals surface area (Å²) in [4.78, 5) is 4.30. The monoisotopic (exact) mass is 376 g/mol. The fourth-order valence-corrected chi connectivity index (χ4v) is 3.64. The molecule has 2 aromatic carbocycles. The second kappa shape index (κ2) is 7.65. The quantitative estimate of drug-likeness (QED) is 0.590. The number of aryl methyl sites for hydroxylation is 1. The average Bonchev–Trinajstić information content (AvgIpc) is 3.08. The summed E-state index contributed by atoms with van der Waals surface area (Å²) in [6.45, 7) is 0. The highest BCUT2D eigenvalue weighted by atomic mass is 32.2. The normalized spacial score (nSPS) is 11.5. The maximum absolute atomic E-state index is 12.9. The van der Waals surface area contributed by atoms with Crippen LogP contribution < -0.4 is 4.74 Å². The van der Waals surface area contributed by atoms with Crippen LogP contribution in [0, 0.1) is 5.82 Å². The van der Waals surface area contributed by atoms with Crippen molar-refractivity contribution in [1.29, 1.82) is 0 Å². The lowest BCUT2D eigenvalue weighted by molar-refractivity contribution is 0.379. The summed E-state index contributed by atoms with van der Waals surface area (Å²) in [6, 6.07) is 12.2. The highest BCUT2D eigenvalue weighted by molar-refractivity contribution is 7.91. The number of sulfone groups is 1. The zero-order valence-electron chi connectivity index (χ0n) is 14.1. The summed E-state index contributed by atoms with van der Waals surface area (Å²) < 4.78 is 47.8. The van der Waals surface area contributed by atoms with Gasteiger partial charge in [-0.05, 0) is 42.0 Å². The minimum absolute atomic E-state index is 0.0685. The highest BCUT2D eigenvalue weighted by Gasteiger charge is 2.17. The van der Waals surface area contributed by atoms with E-state index >= 15 is 0 Å². The number of benzene rings is 2. The van der Waals surface area contributed by atoms with Crippen LogP contribution in [0.2, 0.25) is 0 Å². The number of nitrogens with zero attached hydrogens (tertiary/aromatic N) is 2. The number of hydrogen-bond acceptors (Lipinski definition) is 6. The van der Waals surface area contributed by atoms with Gasteiger partial charge in [-0.2, -0.15) is 4.98 Å². The van der Waals surface area contributed by atoms with Gasteiger partial charge >= 0.3 is 0 Å². The minimum atomic E-state index is -3.54. The molecule has 136 valence electrons. The Hall–Kier alpha value is -2.74. The lowest BCUT2D eigenvalue weighted by Crippen LogP contribution is -2.10. The standard InChI is InChI=1S/C18H17FN2O4S/c1-24-15-4-2-3-13(11-15)12-18-20-17(21-25-18)9-10-26(22,23)16-7-5-14(19)6-8-16/h2-8,11H,9-10,12H2,1H3. The van der Waals surface area contributed by atoms with Crippen LogP contribution >= 0.6 is 0 Å². The van der Waals surface area contributed by atoms with Gasteiger partial charge in [0.1, 0.15) is 11.6 Å². The number of ether oxygens (including phenoxy) is 1. The molecule has 0 aliphatic heterocycles. The number of hydrogen-bond donors (Lipinski definition) is 0. The van der Waals surface area contributed by atoms with E-state index < -0.39 is 15.7 Å². The van der Waals surface area contributed by atoms with Crippen molar-refractivity contribution in [2.24, 2.45) is 0 Å². The first-order valence-corrected chi connectivity index (χ1v) is 9.54. The van der Waals surface area contributed by atoms with Gasteiger partial charge in [0.05, 0.1) is 24.2 Å². The molecule has 6 nitrogen and oxygen atoms in total. The van der Waals surface area contributed by atoms with Gasteiger partial charge in [-0.15, -0.1) is 0 Å². The van der Waals surface area contributed by atoms with Crippen molar-refractivity contribution in [3.63, 3.8) is 0 Å². The van der Waals surface area contributed by atoms with E-state index in [1.807, 2.05) is 24.3 Å². The number of aromatic nitrogens is 2. The number of methoxy groups -OCH3 is 1. The van der Waals surface area contributed by atoms with Crippen LogP contribution in [0.25, 0.3) is 0 Å². The molecule has 0 N–H and O–H groups in total. The molecule has 8 heteroatoms. The highest BCUT2D eigenvalue weighted by Crippen LogP contribution is 2.16. The molecule has 0 bridgehead atoms. The first kappa shape index (κ1) is 18.1. The second-order valence-corrected chi connectivity index (χ2v) is 7.76. The summed E-state index contributed by atoms with van der Waals surface area (Å²) in [5.41, 5.74) is 0.943. The van der Waals surface area contributed by atoms with Crippen LogP contribution in [-0.2, 0) is 22.7 Å². The molecule has 0 saturated heterocycles. The first-order chi connectivity index (χ1) is 12.5. The average molecular weight is 376 g/mol. The topological polar surface area (TPSA) is 82.3 Å². The van der Waals surface area contributed by atoms with Crippen molar-refractivity contribution >= 4 is 9.84 Å². The van der Waals surface area contributed by atoms with Gasteiger partial charge in [0.15, 0.2) is 15.7 Å². The Morgan fingerprint density at radius 2 is 1.92 bits per heavy atom. The van der Waals surface area contributed by atoms with E-state index in [2.05, 4.69) is 10.1 Å². The lowest BCUT2D eigenvalue weighted by atomic mass is 10.1. The van der Waals surface area contributed by atoms with Crippen LogP contribution in [0.4, 0.5) is 4.39 Å². The Bertz CT molecular complexity index is 984. The molecule has 3 aromatic rings. The van der Waals surface area contributed by atoms with Gasteiger partial charge in [-0.3, -0.25) is 0 Å². The molecular weight excluding hydrogens is 359 g/mol. The summed E-state index contributed by atoms with van der Waals surface area (Å²) in [5, 5.41) is 3.82.